The van der Waals surface area contributed by atoms with Crippen LogP contribution in [0.1, 0.15) is 22.2 Å². The molecule has 164 valence electrons. The smallest absolute Gasteiger partial charge is 0.349 e. The van der Waals surface area contributed by atoms with Crippen molar-refractivity contribution in [3.05, 3.63) is 70.9 Å². The van der Waals surface area contributed by atoms with Crippen LogP contribution in [0.5, 0.6) is 5.75 Å². The third-order valence-electron chi connectivity index (χ3n) is 4.83. The van der Waals surface area contributed by atoms with E-state index in [2.05, 4.69) is 15.3 Å². The molecule has 0 saturated heterocycles. The lowest BCUT2D eigenvalue weighted by Crippen LogP contribution is -2.09. The summed E-state index contributed by atoms with van der Waals surface area (Å²) in [5.41, 5.74) is 0.528. The first-order chi connectivity index (χ1) is 15.5. The number of rotatable bonds is 8. The Labute approximate surface area is 186 Å². The zero-order valence-corrected chi connectivity index (χ0v) is 17.9. The number of halogens is 2. The zero-order chi connectivity index (χ0) is 22.7. The third-order valence-corrected chi connectivity index (χ3v) is 5.95. The van der Waals surface area contributed by atoms with Crippen LogP contribution >= 0.6 is 11.3 Å². The number of carboxylic acid groups (broad SMARTS) is 1. The van der Waals surface area contributed by atoms with E-state index in [-0.39, 0.29) is 29.2 Å². The van der Waals surface area contributed by atoms with Crippen molar-refractivity contribution in [2.24, 2.45) is 0 Å². The Kier molecular flexibility index (Phi) is 6.27. The second-order valence-corrected chi connectivity index (χ2v) is 7.93. The normalized spacial score (nSPS) is 11.0. The quantitative estimate of drug-likeness (QED) is 0.371. The largest absolute Gasteiger partial charge is 0.492 e. The number of ether oxygens (including phenoxy) is 1. The highest BCUT2D eigenvalue weighted by Gasteiger charge is 2.18. The molecule has 2 aromatic carbocycles. The van der Waals surface area contributed by atoms with Gasteiger partial charge in [0, 0.05) is 29.6 Å². The van der Waals surface area contributed by atoms with E-state index in [1.165, 1.54) is 12.4 Å². The molecular weight excluding hydrogens is 436 g/mol. The molecule has 2 N–H and O–H groups in total. The van der Waals surface area contributed by atoms with Crippen molar-refractivity contribution in [1.29, 1.82) is 0 Å². The Morgan fingerprint density at radius 3 is 2.78 bits per heavy atom. The van der Waals surface area contributed by atoms with Crippen molar-refractivity contribution in [2.75, 3.05) is 18.5 Å². The maximum atomic E-state index is 14.8. The second-order valence-electron chi connectivity index (χ2n) is 6.88. The first kappa shape index (κ1) is 21.6. The van der Waals surface area contributed by atoms with Gasteiger partial charge in [-0.2, -0.15) is 0 Å². The predicted molar refractivity (Wildman–Crippen MR) is 120 cm³/mol. The van der Waals surface area contributed by atoms with Gasteiger partial charge in [0.15, 0.2) is 4.88 Å². The molecule has 0 unspecified atom stereocenters. The number of benzene rings is 2. The van der Waals surface area contributed by atoms with E-state index in [1.807, 2.05) is 0 Å². The molecule has 4 rings (SSSR count). The van der Waals surface area contributed by atoms with Crippen LogP contribution in [-0.4, -0.2) is 34.2 Å². The van der Waals surface area contributed by atoms with E-state index in [0.717, 1.165) is 11.3 Å². The van der Waals surface area contributed by atoms with Crippen molar-refractivity contribution in [3.63, 3.8) is 0 Å². The van der Waals surface area contributed by atoms with Gasteiger partial charge < -0.3 is 15.2 Å². The molecule has 2 heterocycles. The lowest BCUT2D eigenvalue weighted by Gasteiger charge is -2.10. The molecule has 32 heavy (non-hydrogen) atoms. The highest BCUT2D eigenvalue weighted by molar-refractivity contribution is 7.17. The maximum absolute atomic E-state index is 14.8. The molecule has 0 atom stereocenters. The van der Waals surface area contributed by atoms with Crippen molar-refractivity contribution < 1.29 is 23.4 Å². The minimum Gasteiger partial charge on any atom is -0.492 e. The molecule has 0 spiro atoms. The first-order valence-corrected chi connectivity index (χ1v) is 10.7. The molecule has 9 heteroatoms. The van der Waals surface area contributed by atoms with Gasteiger partial charge in [-0.1, -0.05) is 24.3 Å². The van der Waals surface area contributed by atoms with Crippen LogP contribution in [-0.2, 0) is 6.42 Å². The lowest BCUT2D eigenvalue weighted by atomic mass is 10.0. The fourth-order valence-electron chi connectivity index (χ4n) is 3.36. The number of anilines is 1. The van der Waals surface area contributed by atoms with E-state index in [9.17, 15) is 18.7 Å². The summed E-state index contributed by atoms with van der Waals surface area (Å²) < 4.78 is 34.6. The third kappa shape index (κ3) is 4.38. The minimum absolute atomic E-state index is 0.0104. The topological polar surface area (TPSA) is 84.3 Å². The Balaban J connectivity index is 1.51. The fraction of sp³-hybridized carbons (Fsp3) is 0.174. The standard InChI is InChI=1S/C23H19F2N3O3S/c1-2-31-18-11-19(32-22(18)23(29)30)17-10-20(28-12-27-17)26-8-7-15-16(24)9-13-5-3-4-6-14(13)21(15)25/h3-6,9-12H,2,7-8H2,1H3,(H,29,30)(H,26,27,28). The van der Waals surface area contributed by atoms with Crippen molar-refractivity contribution in [2.45, 2.75) is 13.3 Å². The summed E-state index contributed by atoms with van der Waals surface area (Å²) >= 11 is 1.05. The van der Waals surface area contributed by atoms with Gasteiger partial charge in [0.25, 0.3) is 0 Å². The molecule has 2 aromatic heterocycles. The van der Waals surface area contributed by atoms with Crippen LogP contribution in [0.3, 0.4) is 0 Å². The number of carbonyl (C=O) groups is 1. The number of hydrogen-bond donors (Lipinski definition) is 2. The Hall–Kier alpha value is -3.59. The summed E-state index contributed by atoms with van der Waals surface area (Å²) in [4.78, 5) is 20.5. The van der Waals surface area contributed by atoms with Crippen LogP contribution in [0.2, 0.25) is 0 Å². The molecule has 0 saturated carbocycles. The number of nitrogens with one attached hydrogen (secondary N) is 1. The monoisotopic (exact) mass is 455 g/mol. The summed E-state index contributed by atoms with van der Waals surface area (Å²) in [6, 6.07) is 11.4. The van der Waals surface area contributed by atoms with Crippen molar-refractivity contribution >= 4 is 33.9 Å². The van der Waals surface area contributed by atoms with Crippen LogP contribution in [0.25, 0.3) is 21.3 Å². The number of hydrogen-bond acceptors (Lipinski definition) is 6. The molecular formula is C23H19F2N3O3S. The molecule has 0 radical (unpaired) electrons. The molecule has 0 aliphatic heterocycles. The van der Waals surface area contributed by atoms with Crippen LogP contribution < -0.4 is 10.1 Å². The van der Waals surface area contributed by atoms with Crippen LogP contribution in [0.4, 0.5) is 14.6 Å². The summed E-state index contributed by atoms with van der Waals surface area (Å²) in [6.07, 6.45) is 1.47. The van der Waals surface area contributed by atoms with Crippen molar-refractivity contribution in [3.8, 4) is 16.3 Å². The van der Waals surface area contributed by atoms with Crippen LogP contribution in [0, 0.1) is 11.6 Å². The van der Waals surface area contributed by atoms with Gasteiger partial charge >= 0.3 is 5.97 Å². The van der Waals surface area contributed by atoms with Gasteiger partial charge in [0.1, 0.15) is 29.5 Å². The molecule has 0 aliphatic carbocycles. The lowest BCUT2D eigenvalue weighted by molar-refractivity contribution is 0.0698. The fourth-order valence-corrected chi connectivity index (χ4v) is 4.27. The maximum Gasteiger partial charge on any atom is 0.349 e. The molecule has 0 fully saturated rings. The average molecular weight is 455 g/mol. The molecule has 0 aliphatic rings. The van der Waals surface area contributed by atoms with Gasteiger partial charge in [-0.05, 0) is 24.8 Å². The van der Waals surface area contributed by atoms with Crippen LogP contribution in [0.15, 0.2) is 48.8 Å². The van der Waals surface area contributed by atoms with E-state index < -0.39 is 17.6 Å². The van der Waals surface area contributed by atoms with E-state index >= 15 is 0 Å². The number of thiophene rings is 1. The number of aromatic carboxylic acids is 1. The number of fused-ring (bicyclic) bond motifs is 1. The van der Waals surface area contributed by atoms with Gasteiger partial charge in [-0.25, -0.2) is 23.5 Å². The SMILES string of the molecule is CCOc1cc(-c2cc(NCCc3c(F)cc4ccccc4c3F)ncn2)sc1C(=O)O. The Morgan fingerprint density at radius 2 is 2.00 bits per heavy atom. The molecule has 4 aromatic rings. The molecule has 0 bridgehead atoms. The van der Waals surface area contributed by atoms with Gasteiger partial charge in [0.05, 0.1) is 17.2 Å². The van der Waals surface area contributed by atoms with Gasteiger partial charge in [-0.3, -0.25) is 0 Å². The molecule has 0 amide bonds. The van der Waals surface area contributed by atoms with Gasteiger partial charge in [0.2, 0.25) is 0 Å². The summed E-state index contributed by atoms with van der Waals surface area (Å²) in [7, 11) is 0. The van der Waals surface area contributed by atoms with E-state index in [4.69, 9.17) is 4.74 Å². The number of carboxylic acids is 1. The summed E-state index contributed by atoms with van der Waals surface area (Å²) in [5.74, 6) is -1.48. The molecule has 6 nitrogen and oxygen atoms in total. The Bertz CT molecular complexity index is 1290. The number of nitrogens with zero attached hydrogens (tertiary/aromatic N) is 2. The average Bonchev–Trinajstić information content (AvgIpc) is 3.21. The van der Waals surface area contributed by atoms with Crippen molar-refractivity contribution in [1.82, 2.24) is 9.97 Å². The minimum atomic E-state index is -1.07. The zero-order valence-electron chi connectivity index (χ0n) is 17.1. The number of aromatic nitrogens is 2. The summed E-state index contributed by atoms with van der Waals surface area (Å²) in [6.45, 7) is 2.36. The van der Waals surface area contributed by atoms with E-state index in [0.29, 0.717) is 33.8 Å². The van der Waals surface area contributed by atoms with E-state index in [1.54, 1.807) is 43.3 Å². The second kappa shape index (κ2) is 9.27. The van der Waals surface area contributed by atoms with Gasteiger partial charge in [-0.15, -0.1) is 11.3 Å². The highest BCUT2D eigenvalue weighted by atomic mass is 32.1. The first-order valence-electron chi connectivity index (χ1n) is 9.89. The highest BCUT2D eigenvalue weighted by Crippen LogP contribution is 2.36. The predicted octanol–water partition coefficient (Wildman–Crippen LogP) is 5.39. The Morgan fingerprint density at radius 1 is 1.19 bits per heavy atom. The summed E-state index contributed by atoms with van der Waals surface area (Å²) in [5, 5.41) is 13.3.